The Labute approximate surface area is 160 Å². The molecule has 0 saturated heterocycles. The van der Waals surface area contributed by atoms with Gasteiger partial charge in [0.05, 0.1) is 22.2 Å². The maximum Gasteiger partial charge on any atom is 0.138 e. The summed E-state index contributed by atoms with van der Waals surface area (Å²) in [6.07, 6.45) is 0. The molecule has 0 unspecified atom stereocenters. The summed E-state index contributed by atoms with van der Waals surface area (Å²) < 4.78 is 20.8. The molecule has 0 aliphatic heterocycles. The van der Waals surface area contributed by atoms with Gasteiger partial charge < -0.3 is 10.1 Å². The lowest BCUT2D eigenvalue weighted by Crippen LogP contribution is -2.12. The molecule has 1 heterocycles. The number of benzene rings is 2. The molecule has 6 heteroatoms. The van der Waals surface area contributed by atoms with Crippen molar-refractivity contribution in [1.29, 1.82) is 0 Å². The predicted molar refractivity (Wildman–Crippen MR) is 107 cm³/mol. The Balaban J connectivity index is 2.06. The van der Waals surface area contributed by atoms with Gasteiger partial charge >= 0.3 is 0 Å². The summed E-state index contributed by atoms with van der Waals surface area (Å²) in [6, 6.07) is 9.08. The number of halogens is 2. The van der Waals surface area contributed by atoms with E-state index >= 15 is 0 Å². The molecule has 0 aliphatic rings. The van der Waals surface area contributed by atoms with Crippen LogP contribution in [0.15, 0.2) is 30.3 Å². The Morgan fingerprint density at radius 2 is 1.96 bits per heavy atom. The number of ether oxygens (including phenoxy) is 1. The summed E-state index contributed by atoms with van der Waals surface area (Å²) in [4.78, 5) is 9.02. The standard InChI is InChI=1S/C19H19FIN3O/c1-10-6-5-7-13(18(10)20)11(2)22-19-14-8-15(21)17(25-4)9-16(14)23-12(3)24-19/h5-9,11H,1-4H3,(H,22,23,24)/t11-/m1/s1. The number of rotatable bonds is 4. The van der Waals surface area contributed by atoms with Crippen molar-refractivity contribution in [2.75, 3.05) is 12.4 Å². The van der Waals surface area contributed by atoms with Crippen molar-refractivity contribution >= 4 is 39.3 Å². The quantitative estimate of drug-likeness (QED) is 0.556. The van der Waals surface area contributed by atoms with Crippen molar-refractivity contribution in [2.45, 2.75) is 26.8 Å². The lowest BCUT2D eigenvalue weighted by Gasteiger charge is -2.18. The van der Waals surface area contributed by atoms with Crippen molar-refractivity contribution in [1.82, 2.24) is 9.97 Å². The summed E-state index contributed by atoms with van der Waals surface area (Å²) in [5, 5.41) is 4.22. The highest BCUT2D eigenvalue weighted by molar-refractivity contribution is 14.1. The van der Waals surface area contributed by atoms with Crippen LogP contribution in [0, 0.1) is 23.2 Å². The second-order valence-electron chi connectivity index (χ2n) is 5.97. The van der Waals surface area contributed by atoms with E-state index in [1.807, 2.05) is 32.0 Å². The molecule has 25 heavy (non-hydrogen) atoms. The monoisotopic (exact) mass is 451 g/mol. The van der Waals surface area contributed by atoms with E-state index in [1.54, 1.807) is 26.2 Å². The number of anilines is 1. The number of aromatic nitrogens is 2. The zero-order valence-corrected chi connectivity index (χ0v) is 16.7. The zero-order valence-electron chi connectivity index (χ0n) is 14.5. The SMILES string of the molecule is COc1cc2nc(C)nc(N[C@H](C)c3cccc(C)c3F)c2cc1I. The Bertz CT molecular complexity index is 946. The molecule has 3 aromatic rings. The first-order valence-corrected chi connectivity index (χ1v) is 9.02. The Hall–Kier alpha value is -1.96. The lowest BCUT2D eigenvalue weighted by atomic mass is 10.0. The molecule has 2 aromatic carbocycles. The Morgan fingerprint density at radius 1 is 1.20 bits per heavy atom. The average Bonchev–Trinajstić information content (AvgIpc) is 2.57. The number of fused-ring (bicyclic) bond motifs is 1. The van der Waals surface area contributed by atoms with Gasteiger partial charge in [-0.05, 0) is 55.0 Å². The van der Waals surface area contributed by atoms with Crippen molar-refractivity contribution in [3.05, 3.63) is 56.7 Å². The van der Waals surface area contributed by atoms with Gasteiger partial charge in [-0.1, -0.05) is 18.2 Å². The van der Waals surface area contributed by atoms with Gasteiger partial charge in [-0.25, -0.2) is 14.4 Å². The third-order valence-electron chi connectivity index (χ3n) is 4.12. The molecule has 1 atom stereocenters. The van der Waals surface area contributed by atoms with E-state index in [1.165, 1.54) is 0 Å². The number of methoxy groups -OCH3 is 1. The molecule has 1 aromatic heterocycles. The molecular formula is C19H19FIN3O. The summed E-state index contributed by atoms with van der Waals surface area (Å²) >= 11 is 2.22. The minimum atomic E-state index is -0.225. The highest BCUT2D eigenvalue weighted by atomic mass is 127. The van der Waals surface area contributed by atoms with Gasteiger partial charge in [0, 0.05) is 17.0 Å². The maximum atomic E-state index is 14.4. The molecule has 0 fully saturated rings. The molecular weight excluding hydrogens is 432 g/mol. The van der Waals surface area contributed by atoms with E-state index in [2.05, 4.69) is 37.9 Å². The second kappa shape index (κ2) is 7.11. The molecule has 1 N–H and O–H groups in total. The van der Waals surface area contributed by atoms with E-state index in [0.717, 1.165) is 20.2 Å². The van der Waals surface area contributed by atoms with Crippen LogP contribution in [-0.2, 0) is 0 Å². The van der Waals surface area contributed by atoms with Gasteiger partial charge in [-0.2, -0.15) is 0 Å². The van der Waals surface area contributed by atoms with Crippen LogP contribution < -0.4 is 10.1 Å². The summed E-state index contributed by atoms with van der Waals surface area (Å²) in [5.74, 6) is 1.93. The molecule has 4 nitrogen and oxygen atoms in total. The van der Waals surface area contributed by atoms with E-state index in [9.17, 15) is 4.39 Å². The molecule has 0 bridgehead atoms. The first-order valence-electron chi connectivity index (χ1n) is 7.94. The molecule has 0 saturated carbocycles. The van der Waals surface area contributed by atoms with E-state index in [0.29, 0.717) is 22.8 Å². The molecule has 0 radical (unpaired) electrons. The van der Waals surface area contributed by atoms with Crippen LogP contribution in [0.1, 0.15) is 29.9 Å². The van der Waals surface area contributed by atoms with Crippen molar-refractivity contribution < 1.29 is 9.13 Å². The Morgan fingerprint density at radius 3 is 2.68 bits per heavy atom. The van der Waals surface area contributed by atoms with Crippen LogP contribution in [0.4, 0.5) is 10.2 Å². The fraction of sp³-hybridized carbons (Fsp3) is 0.263. The maximum absolute atomic E-state index is 14.4. The minimum Gasteiger partial charge on any atom is -0.496 e. The van der Waals surface area contributed by atoms with Crippen molar-refractivity contribution in [3.8, 4) is 5.75 Å². The van der Waals surface area contributed by atoms with E-state index in [4.69, 9.17) is 4.74 Å². The Kier molecular flexibility index (Phi) is 5.08. The normalized spacial score (nSPS) is 12.2. The van der Waals surface area contributed by atoms with Crippen LogP contribution in [0.2, 0.25) is 0 Å². The number of nitrogens with zero attached hydrogens (tertiary/aromatic N) is 2. The average molecular weight is 451 g/mol. The second-order valence-corrected chi connectivity index (χ2v) is 7.13. The lowest BCUT2D eigenvalue weighted by molar-refractivity contribution is 0.412. The molecule has 0 spiro atoms. The van der Waals surface area contributed by atoms with Crippen LogP contribution in [0.25, 0.3) is 10.9 Å². The van der Waals surface area contributed by atoms with E-state index in [-0.39, 0.29) is 11.9 Å². The predicted octanol–water partition coefficient (Wildman–Crippen LogP) is 5.17. The summed E-state index contributed by atoms with van der Waals surface area (Å²) in [7, 11) is 1.64. The van der Waals surface area contributed by atoms with E-state index < -0.39 is 0 Å². The minimum absolute atomic E-state index is 0.186. The number of nitrogens with one attached hydrogen (secondary N) is 1. The van der Waals surface area contributed by atoms with Crippen LogP contribution >= 0.6 is 22.6 Å². The van der Waals surface area contributed by atoms with Gasteiger partial charge in [0.2, 0.25) is 0 Å². The third kappa shape index (κ3) is 3.53. The van der Waals surface area contributed by atoms with Crippen LogP contribution in [0.5, 0.6) is 5.75 Å². The molecule has 3 rings (SSSR count). The third-order valence-corrected chi connectivity index (χ3v) is 4.97. The van der Waals surface area contributed by atoms with Gasteiger partial charge in [-0.15, -0.1) is 0 Å². The largest absolute Gasteiger partial charge is 0.496 e. The van der Waals surface area contributed by atoms with Gasteiger partial charge in [-0.3, -0.25) is 0 Å². The fourth-order valence-corrected chi connectivity index (χ4v) is 3.49. The van der Waals surface area contributed by atoms with Gasteiger partial charge in [0.25, 0.3) is 0 Å². The van der Waals surface area contributed by atoms with Crippen LogP contribution in [0.3, 0.4) is 0 Å². The molecule has 0 aliphatic carbocycles. The van der Waals surface area contributed by atoms with Gasteiger partial charge in [0.1, 0.15) is 23.2 Å². The smallest absolute Gasteiger partial charge is 0.138 e. The number of hydrogen-bond donors (Lipinski definition) is 1. The highest BCUT2D eigenvalue weighted by Gasteiger charge is 2.16. The molecule has 0 amide bonds. The fourth-order valence-electron chi connectivity index (χ4n) is 2.80. The zero-order chi connectivity index (χ0) is 18.1. The first kappa shape index (κ1) is 17.8. The topological polar surface area (TPSA) is 47.0 Å². The number of hydrogen-bond acceptors (Lipinski definition) is 4. The summed E-state index contributed by atoms with van der Waals surface area (Å²) in [6.45, 7) is 5.53. The first-order chi connectivity index (χ1) is 11.9. The summed E-state index contributed by atoms with van der Waals surface area (Å²) in [5.41, 5.74) is 2.05. The number of aryl methyl sites for hydroxylation is 2. The van der Waals surface area contributed by atoms with Crippen molar-refractivity contribution in [3.63, 3.8) is 0 Å². The van der Waals surface area contributed by atoms with Crippen molar-refractivity contribution in [2.24, 2.45) is 0 Å². The van der Waals surface area contributed by atoms with Crippen LogP contribution in [-0.4, -0.2) is 17.1 Å². The highest BCUT2D eigenvalue weighted by Crippen LogP contribution is 2.31. The van der Waals surface area contributed by atoms with Gasteiger partial charge in [0.15, 0.2) is 0 Å². The molecule has 130 valence electrons.